The molecule has 0 radical (unpaired) electrons. The van der Waals surface area contributed by atoms with Crippen LogP contribution in [-0.4, -0.2) is 7.05 Å². The summed E-state index contributed by atoms with van der Waals surface area (Å²) in [5, 5.41) is 11.3. The number of rotatable bonds is 3. The van der Waals surface area contributed by atoms with E-state index in [0.29, 0.717) is 11.5 Å². The number of benzene rings is 3. The molecule has 3 aromatic carbocycles. The van der Waals surface area contributed by atoms with E-state index < -0.39 is 0 Å². The quantitative estimate of drug-likeness (QED) is 0.436. The molecular formula is C23H20N2O. The number of hydrogen-bond acceptors (Lipinski definition) is 3. The van der Waals surface area contributed by atoms with Gasteiger partial charge in [-0.3, -0.25) is 0 Å². The smallest absolute Gasteiger partial charge is 0.159 e. The Labute approximate surface area is 153 Å². The highest BCUT2D eigenvalue weighted by Gasteiger charge is 2.17. The Bertz CT molecular complexity index is 1130. The second kappa shape index (κ2) is 6.24. The van der Waals surface area contributed by atoms with Crippen LogP contribution in [0, 0.1) is 11.3 Å². The molecule has 4 rings (SSSR count). The van der Waals surface area contributed by atoms with E-state index in [4.69, 9.17) is 9.68 Å². The summed E-state index contributed by atoms with van der Waals surface area (Å²) in [6, 6.07) is 22.4. The van der Waals surface area contributed by atoms with E-state index >= 15 is 0 Å². The average Bonchev–Trinajstić information content (AvgIpc) is 3.06. The molecule has 0 unspecified atom stereocenters. The van der Waals surface area contributed by atoms with Crippen molar-refractivity contribution in [2.75, 3.05) is 11.9 Å². The largest absolute Gasteiger partial charge is 0.454 e. The molecule has 3 heteroatoms. The molecule has 1 aromatic heterocycles. The maximum atomic E-state index is 9.00. The Morgan fingerprint density at radius 3 is 2.19 bits per heavy atom. The van der Waals surface area contributed by atoms with Gasteiger partial charge in [-0.1, -0.05) is 44.2 Å². The highest BCUT2D eigenvalue weighted by atomic mass is 16.3. The third-order valence-corrected chi connectivity index (χ3v) is 4.90. The van der Waals surface area contributed by atoms with Gasteiger partial charge in [0.2, 0.25) is 0 Å². The lowest BCUT2D eigenvalue weighted by atomic mass is 10.0. The number of para-hydroxylation sites is 2. The van der Waals surface area contributed by atoms with Gasteiger partial charge in [0.1, 0.15) is 5.58 Å². The highest BCUT2D eigenvalue weighted by molar-refractivity contribution is 6.10. The van der Waals surface area contributed by atoms with E-state index in [1.54, 1.807) is 0 Å². The van der Waals surface area contributed by atoms with Gasteiger partial charge in [-0.05, 0) is 41.8 Å². The summed E-state index contributed by atoms with van der Waals surface area (Å²) in [4.78, 5) is 2.10. The molecule has 128 valence electrons. The molecule has 0 aliphatic heterocycles. The van der Waals surface area contributed by atoms with Crippen molar-refractivity contribution in [3.8, 4) is 6.07 Å². The molecular weight excluding hydrogens is 320 g/mol. The van der Waals surface area contributed by atoms with E-state index in [2.05, 4.69) is 61.2 Å². The number of nitriles is 1. The molecule has 26 heavy (non-hydrogen) atoms. The minimum absolute atomic E-state index is 0.402. The van der Waals surface area contributed by atoms with Crippen LogP contribution in [-0.2, 0) is 0 Å². The highest BCUT2D eigenvalue weighted by Crippen LogP contribution is 2.39. The van der Waals surface area contributed by atoms with Crippen molar-refractivity contribution in [1.82, 2.24) is 0 Å². The molecule has 0 aliphatic rings. The first kappa shape index (κ1) is 16.2. The van der Waals surface area contributed by atoms with Crippen LogP contribution in [0.25, 0.3) is 21.9 Å². The van der Waals surface area contributed by atoms with Crippen LogP contribution in [0.4, 0.5) is 11.4 Å². The molecule has 0 N–H and O–H groups in total. The molecule has 0 fully saturated rings. The molecule has 0 bridgehead atoms. The van der Waals surface area contributed by atoms with Gasteiger partial charge in [0.15, 0.2) is 5.58 Å². The fraction of sp³-hybridized carbons (Fsp3) is 0.174. The van der Waals surface area contributed by atoms with E-state index in [1.807, 2.05) is 31.3 Å². The predicted molar refractivity (Wildman–Crippen MR) is 107 cm³/mol. The topological polar surface area (TPSA) is 40.2 Å². The zero-order valence-corrected chi connectivity index (χ0v) is 15.2. The van der Waals surface area contributed by atoms with Crippen molar-refractivity contribution in [2.45, 2.75) is 19.8 Å². The van der Waals surface area contributed by atoms with Crippen molar-refractivity contribution < 1.29 is 4.42 Å². The summed E-state index contributed by atoms with van der Waals surface area (Å²) in [5.74, 6) is 0.402. The van der Waals surface area contributed by atoms with Crippen LogP contribution >= 0.6 is 0 Å². The first-order valence-electron chi connectivity index (χ1n) is 8.78. The summed E-state index contributed by atoms with van der Waals surface area (Å²) < 4.78 is 6.37. The van der Waals surface area contributed by atoms with E-state index in [-0.39, 0.29) is 0 Å². The second-order valence-electron chi connectivity index (χ2n) is 6.85. The standard InChI is InChI=1S/C23H20N2O/c1-15(2)18-6-4-7-19-20-8-5-9-21(23(20)26-22(18)19)25(3)17-12-10-16(14-24)11-13-17/h4-13,15H,1-3H3. The molecule has 0 atom stereocenters. The maximum absolute atomic E-state index is 9.00. The number of fused-ring (bicyclic) bond motifs is 3. The maximum Gasteiger partial charge on any atom is 0.159 e. The Hall–Kier alpha value is -3.25. The van der Waals surface area contributed by atoms with Gasteiger partial charge >= 0.3 is 0 Å². The molecule has 0 aliphatic carbocycles. The van der Waals surface area contributed by atoms with Gasteiger partial charge in [0.05, 0.1) is 17.3 Å². The van der Waals surface area contributed by atoms with Gasteiger partial charge in [-0.25, -0.2) is 0 Å². The number of anilines is 2. The number of nitrogens with zero attached hydrogens (tertiary/aromatic N) is 2. The first-order valence-corrected chi connectivity index (χ1v) is 8.78. The van der Waals surface area contributed by atoms with Gasteiger partial charge in [-0.2, -0.15) is 5.26 Å². The zero-order valence-electron chi connectivity index (χ0n) is 15.2. The van der Waals surface area contributed by atoms with Crippen molar-refractivity contribution in [2.24, 2.45) is 0 Å². The van der Waals surface area contributed by atoms with Crippen molar-refractivity contribution in [3.05, 3.63) is 71.8 Å². The van der Waals surface area contributed by atoms with Crippen molar-refractivity contribution >= 4 is 33.3 Å². The minimum Gasteiger partial charge on any atom is -0.454 e. The predicted octanol–water partition coefficient (Wildman–Crippen LogP) is 6.35. The summed E-state index contributed by atoms with van der Waals surface area (Å²) in [5.41, 5.74) is 5.77. The Kier molecular flexibility index (Phi) is 3.89. The second-order valence-corrected chi connectivity index (χ2v) is 6.85. The lowest BCUT2D eigenvalue weighted by Crippen LogP contribution is -2.09. The van der Waals surface area contributed by atoms with Crippen LogP contribution < -0.4 is 4.90 Å². The fourth-order valence-corrected chi connectivity index (χ4v) is 3.44. The van der Waals surface area contributed by atoms with Gasteiger partial charge in [0, 0.05) is 23.5 Å². The first-order chi connectivity index (χ1) is 12.6. The number of hydrogen-bond donors (Lipinski definition) is 0. The Balaban J connectivity index is 1.91. The molecule has 4 aromatic rings. The third-order valence-electron chi connectivity index (χ3n) is 4.90. The molecule has 0 saturated heterocycles. The monoisotopic (exact) mass is 340 g/mol. The summed E-state index contributed by atoms with van der Waals surface area (Å²) >= 11 is 0. The fourth-order valence-electron chi connectivity index (χ4n) is 3.44. The van der Waals surface area contributed by atoms with Crippen molar-refractivity contribution in [1.29, 1.82) is 5.26 Å². The van der Waals surface area contributed by atoms with Crippen LogP contribution in [0.2, 0.25) is 0 Å². The van der Waals surface area contributed by atoms with Crippen LogP contribution in [0.5, 0.6) is 0 Å². The van der Waals surface area contributed by atoms with Crippen molar-refractivity contribution in [3.63, 3.8) is 0 Å². The molecule has 0 amide bonds. The van der Waals surface area contributed by atoms with Gasteiger partial charge < -0.3 is 9.32 Å². The Morgan fingerprint density at radius 2 is 1.54 bits per heavy atom. The van der Waals surface area contributed by atoms with Crippen LogP contribution in [0.15, 0.2) is 65.1 Å². The molecule has 0 spiro atoms. The number of furan rings is 1. The normalized spacial score (nSPS) is 11.2. The SMILES string of the molecule is CC(C)c1cccc2c1oc1c(N(C)c3ccc(C#N)cc3)cccc12. The van der Waals surface area contributed by atoms with E-state index in [9.17, 15) is 0 Å². The minimum atomic E-state index is 0.402. The average molecular weight is 340 g/mol. The van der Waals surface area contributed by atoms with Gasteiger partial charge in [-0.15, -0.1) is 0 Å². The van der Waals surface area contributed by atoms with Crippen LogP contribution in [0.3, 0.4) is 0 Å². The molecule has 1 heterocycles. The van der Waals surface area contributed by atoms with E-state index in [1.165, 1.54) is 5.56 Å². The molecule has 0 saturated carbocycles. The zero-order chi connectivity index (χ0) is 18.3. The van der Waals surface area contributed by atoms with Gasteiger partial charge in [0.25, 0.3) is 0 Å². The van der Waals surface area contributed by atoms with E-state index in [0.717, 1.165) is 33.3 Å². The Morgan fingerprint density at radius 1 is 0.885 bits per heavy atom. The third kappa shape index (κ3) is 2.51. The summed E-state index contributed by atoms with van der Waals surface area (Å²) in [6.07, 6.45) is 0. The summed E-state index contributed by atoms with van der Waals surface area (Å²) in [7, 11) is 2.02. The lowest BCUT2D eigenvalue weighted by molar-refractivity contribution is 0.657. The lowest BCUT2D eigenvalue weighted by Gasteiger charge is -2.19. The van der Waals surface area contributed by atoms with Crippen LogP contribution in [0.1, 0.15) is 30.9 Å². The molecule has 3 nitrogen and oxygen atoms in total. The summed E-state index contributed by atoms with van der Waals surface area (Å²) in [6.45, 7) is 4.37.